The average Bonchev–Trinajstić information content (AvgIpc) is 2.84. The second-order valence-electron chi connectivity index (χ2n) is 8.41. The Morgan fingerprint density at radius 2 is 1.97 bits per heavy atom. The van der Waals surface area contributed by atoms with Gasteiger partial charge >= 0.3 is 6.09 Å². The molecule has 9 nitrogen and oxygen atoms in total. The second kappa shape index (κ2) is 11.4. The molecule has 0 unspecified atom stereocenters. The molecular formula is C24H27ClFN7O2. The number of halogens is 2. The number of likely N-dealkylation sites (N-methyl/N-ethyl adjacent to an activating group) is 1. The first-order valence-electron chi connectivity index (χ1n) is 11.3. The lowest BCUT2D eigenvalue weighted by Gasteiger charge is -2.32. The summed E-state index contributed by atoms with van der Waals surface area (Å²) in [5.41, 5.74) is 1.73. The third-order valence-electron chi connectivity index (χ3n) is 5.85. The van der Waals surface area contributed by atoms with E-state index in [1.807, 2.05) is 0 Å². The summed E-state index contributed by atoms with van der Waals surface area (Å²) in [5, 5.41) is 21.3. The first-order chi connectivity index (χ1) is 16.9. The van der Waals surface area contributed by atoms with Crippen LogP contribution < -0.4 is 10.2 Å². The maximum Gasteiger partial charge on any atom is 0.413 e. The van der Waals surface area contributed by atoms with Gasteiger partial charge in [-0.3, -0.25) is 4.90 Å². The van der Waals surface area contributed by atoms with Crippen LogP contribution in [0.15, 0.2) is 48.8 Å². The molecular weight excluding hydrogens is 473 g/mol. The smallest absolute Gasteiger partial charge is 0.413 e. The Morgan fingerprint density at radius 3 is 2.74 bits per heavy atom. The van der Waals surface area contributed by atoms with Gasteiger partial charge in [0.1, 0.15) is 11.6 Å². The number of nitrogens with one attached hydrogen (secondary N) is 1. The minimum atomic E-state index is -1.06. The zero-order chi connectivity index (χ0) is 24.8. The number of hydrogen-bond donors (Lipinski definition) is 2. The van der Waals surface area contributed by atoms with Crippen LogP contribution in [0.5, 0.6) is 0 Å². The summed E-state index contributed by atoms with van der Waals surface area (Å²) in [6.07, 6.45) is 2.69. The van der Waals surface area contributed by atoms with Crippen molar-refractivity contribution in [3.05, 3.63) is 59.6 Å². The van der Waals surface area contributed by atoms with Gasteiger partial charge in [-0.2, -0.15) is 10.2 Å². The quantitative estimate of drug-likeness (QED) is 0.476. The van der Waals surface area contributed by atoms with E-state index in [0.29, 0.717) is 40.9 Å². The Morgan fingerprint density at radius 1 is 1.17 bits per heavy atom. The molecule has 4 rings (SSSR count). The number of amides is 1. The fourth-order valence-electron chi connectivity index (χ4n) is 3.90. The van der Waals surface area contributed by atoms with Gasteiger partial charge in [-0.05, 0) is 50.3 Å². The molecule has 35 heavy (non-hydrogen) atoms. The SMILES string of the molecule is CN1CCN(CCCN(C(=O)O)c2cc(Nc3cnnc(-c4cc(Cl)ccc4F)c3)ccn2)CC1. The first kappa shape index (κ1) is 24.8. The van der Waals surface area contributed by atoms with Gasteiger partial charge in [0.05, 0.1) is 17.6 Å². The summed E-state index contributed by atoms with van der Waals surface area (Å²) in [6.45, 7) is 5.19. The van der Waals surface area contributed by atoms with Gasteiger partial charge < -0.3 is 20.2 Å². The number of nitrogens with zero attached hydrogens (tertiary/aromatic N) is 6. The summed E-state index contributed by atoms with van der Waals surface area (Å²) in [5.74, 6) is -0.135. The van der Waals surface area contributed by atoms with Crippen molar-refractivity contribution in [3.63, 3.8) is 0 Å². The highest BCUT2D eigenvalue weighted by Gasteiger charge is 2.18. The summed E-state index contributed by atoms with van der Waals surface area (Å²) in [6, 6.07) is 9.25. The monoisotopic (exact) mass is 499 g/mol. The minimum Gasteiger partial charge on any atom is -0.465 e. The maximum atomic E-state index is 14.2. The molecule has 1 saturated heterocycles. The molecule has 0 radical (unpaired) electrons. The Balaban J connectivity index is 1.44. The van der Waals surface area contributed by atoms with Gasteiger partial charge in [0, 0.05) is 61.3 Å². The molecule has 1 aliphatic rings. The van der Waals surface area contributed by atoms with Crippen molar-refractivity contribution >= 4 is 34.9 Å². The van der Waals surface area contributed by atoms with E-state index in [2.05, 4.69) is 37.3 Å². The molecule has 2 N–H and O–H groups in total. The fourth-order valence-corrected chi connectivity index (χ4v) is 4.08. The van der Waals surface area contributed by atoms with Crippen LogP contribution in [0.1, 0.15) is 6.42 Å². The average molecular weight is 500 g/mol. The maximum absolute atomic E-state index is 14.2. The number of carbonyl (C=O) groups is 1. The Labute approximate surface area is 208 Å². The fraction of sp³-hybridized carbons (Fsp3) is 0.333. The first-order valence-corrected chi connectivity index (χ1v) is 11.7. The Bertz CT molecular complexity index is 1170. The minimum absolute atomic E-state index is 0.237. The van der Waals surface area contributed by atoms with Crippen molar-refractivity contribution in [3.8, 4) is 11.3 Å². The standard InChI is InChI=1S/C24H27ClFN7O2/c1-31-9-11-32(12-10-31)7-2-8-33(24(34)35)23-15-18(5-6-27-23)29-19-14-22(30-28-16-19)20-13-17(25)3-4-21(20)26/h3-6,13-16H,2,7-12H2,1H3,(H,34,35)(H,27,29,30). The van der Waals surface area contributed by atoms with E-state index in [0.717, 1.165) is 32.7 Å². The molecule has 1 fully saturated rings. The predicted octanol–water partition coefficient (Wildman–Crippen LogP) is 4.20. The topological polar surface area (TPSA) is 97.7 Å². The van der Waals surface area contributed by atoms with Gasteiger partial charge in [0.2, 0.25) is 0 Å². The van der Waals surface area contributed by atoms with Crippen molar-refractivity contribution in [1.82, 2.24) is 25.0 Å². The van der Waals surface area contributed by atoms with Crippen LogP contribution in [0, 0.1) is 5.82 Å². The zero-order valence-electron chi connectivity index (χ0n) is 19.4. The van der Waals surface area contributed by atoms with Crippen LogP contribution in [-0.4, -0.2) is 82.5 Å². The number of hydrogen-bond acceptors (Lipinski definition) is 7. The zero-order valence-corrected chi connectivity index (χ0v) is 20.1. The van der Waals surface area contributed by atoms with E-state index >= 15 is 0 Å². The van der Waals surface area contributed by atoms with E-state index in [1.165, 1.54) is 29.3 Å². The van der Waals surface area contributed by atoms with Crippen molar-refractivity contribution in [2.75, 3.05) is 56.5 Å². The third kappa shape index (κ3) is 6.62. The number of aromatic nitrogens is 3. The summed E-state index contributed by atoms with van der Waals surface area (Å²) in [7, 11) is 2.11. The normalized spacial score (nSPS) is 14.6. The molecule has 0 bridgehead atoms. The van der Waals surface area contributed by atoms with E-state index in [1.54, 1.807) is 24.4 Å². The molecule has 0 spiro atoms. The van der Waals surface area contributed by atoms with Crippen LogP contribution in [0.4, 0.5) is 26.4 Å². The number of pyridine rings is 1. The van der Waals surface area contributed by atoms with Crippen LogP contribution in [0.2, 0.25) is 5.02 Å². The van der Waals surface area contributed by atoms with Gasteiger partial charge in [-0.25, -0.2) is 14.2 Å². The molecule has 0 saturated carbocycles. The highest BCUT2D eigenvalue weighted by atomic mass is 35.5. The molecule has 3 heterocycles. The molecule has 1 aromatic carbocycles. The number of piperazine rings is 1. The predicted molar refractivity (Wildman–Crippen MR) is 134 cm³/mol. The van der Waals surface area contributed by atoms with E-state index in [4.69, 9.17) is 11.6 Å². The number of carboxylic acid groups (broad SMARTS) is 1. The lowest BCUT2D eigenvalue weighted by molar-refractivity contribution is 0.153. The molecule has 11 heteroatoms. The van der Waals surface area contributed by atoms with Gasteiger partial charge in [0.15, 0.2) is 0 Å². The number of rotatable bonds is 8. The molecule has 2 aromatic heterocycles. The molecule has 184 valence electrons. The Hall–Kier alpha value is -3.34. The largest absolute Gasteiger partial charge is 0.465 e. The van der Waals surface area contributed by atoms with E-state index in [-0.39, 0.29) is 5.56 Å². The highest BCUT2D eigenvalue weighted by Crippen LogP contribution is 2.27. The van der Waals surface area contributed by atoms with Gasteiger partial charge in [0.25, 0.3) is 0 Å². The summed E-state index contributed by atoms with van der Waals surface area (Å²) >= 11 is 6.00. The van der Waals surface area contributed by atoms with E-state index < -0.39 is 11.9 Å². The van der Waals surface area contributed by atoms with Crippen LogP contribution in [0.3, 0.4) is 0 Å². The van der Waals surface area contributed by atoms with Crippen molar-refractivity contribution in [2.45, 2.75) is 6.42 Å². The lowest BCUT2D eigenvalue weighted by atomic mass is 10.1. The number of anilines is 3. The van der Waals surface area contributed by atoms with Crippen LogP contribution in [-0.2, 0) is 0 Å². The lowest BCUT2D eigenvalue weighted by Crippen LogP contribution is -2.45. The molecule has 3 aromatic rings. The van der Waals surface area contributed by atoms with Crippen LogP contribution in [0.25, 0.3) is 11.3 Å². The summed E-state index contributed by atoms with van der Waals surface area (Å²) < 4.78 is 14.2. The highest BCUT2D eigenvalue weighted by molar-refractivity contribution is 6.30. The third-order valence-corrected chi connectivity index (χ3v) is 6.09. The van der Waals surface area contributed by atoms with E-state index in [9.17, 15) is 14.3 Å². The Kier molecular flexibility index (Phi) is 8.06. The molecule has 1 amide bonds. The van der Waals surface area contributed by atoms with Gasteiger partial charge in [-0.1, -0.05) is 11.6 Å². The van der Waals surface area contributed by atoms with Gasteiger partial charge in [-0.15, -0.1) is 0 Å². The van der Waals surface area contributed by atoms with Crippen molar-refractivity contribution < 1.29 is 14.3 Å². The second-order valence-corrected chi connectivity index (χ2v) is 8.85. The van der Waals surface area contributed by atoms with Crippen LogP contribution >= 0.6 is 11.6 Å². The summed E-state index contributed by atoms with van der Waals surface area (Å²) in [4.78, 5) is 22.1. The number of benzene rings is 1. The molecule has 1 aliphatic heterocycles. The molecule has 0 atom stereocenters. The van der Waals surface area contributed by atoms with Crippen molar-refractivity contribution in [2.24, 2.45) is 0 Å². The van der Waals surface area contributed by atoms with Crippen molar-refractivity contribution in [1.29, 1.82) is 0 Å². The molecule has 0 aliphatic carbocycles.